The fraction of sp³-hybridized carbons (Fsp3) is 0.500. The summed E-state index contributed by atoms with van der Waals surface area (Å²) in [7, 11) is 0. The first-order valence-corrected chi connectivity index (χ1v) is 10.1. The zero-order valence-corrected chi connectivity index (χ0v) is 16.1. The second-order valence-electron chi connectivity index (χ2n) is 7.02. The molecule has 0 aromatic heterocycles. The Balaban J connectivity index is 1.73. The summed E-state index contributed by atoms with van der Waals surface area (Å²) in [5.74, 6) is 0.962. The van der Waals surface area contributed by atoms with Gasteiger partial charge in [-0.1, -0.05) is 82.3 Å². The quantitative estimate of drug-likeness (QED) is 0.374. The molecule has 0 radical (unpaired) electrons. The van der Waals surface area contributed by atoms with Crippen LogP contribution in [0.25, 0.3) is 0 Å². The van der Waals surface area contributed by atoms with E-state index in [1.54, 1.807) is 0 Å². The van der Waals surface area contributed by atoms with E-state index in [9.17, 15) is 0 Å². The van der Waals surface area contributed by atoms with E-state index in [4.69, 9.17) is 4.74 Å². The van der Waals surface area contributed by atoms with Gasteiger partial charge in [-0.25, -0.2) is 0 Å². The first kappa shape index (κ1) is 19.6. The third-order valence-electron chi connectivity index (χ3n) is 4.74. The molecule has 0 saturated heterocycles. The molecular formula is C24H34O. The Morgan fingerprint density at radius 2 is 1.04 bits per heavy atom. The van der Waals surface area contributed by atoms with Crippen LogP contribution < -0.4 is 4.74 Å². The number of hydrogen-bond donors (Lipinski definition) is 0. The van der Waals surface area contributed by atoms with Crippen LogP contribution in [0.1, 0.15) is 75.5 Å². The average Bonchev–Trinajstić information content (AvgIpc) is 2.66. The molecule has 2 aromatic carbocycles. The summed E-state index contributed by atoms with van der Waals surface area (Å²) in [6.07, 6.45) is 11.5. The lowest BCUT2D eigenvalue weighted by atomic mass is 10.1. The van der Waals surface area contributed by atoms with E-state index in [1.807, 2.05) is 0 Å². The van der Waals surface area contributed by atoms with Gasteiger partial charge >= 0.3 is 0 Å². The van der Waals surface area contributed by atoms with Crippen molar-refractivity contribution in [3.63, 3.8) is 0 Å². The van der Waals surface area contributed by atoms with Gasteiger partial charge in [-0.3, -0.25) is 0 Å². The lowest BCUT2D eigenvalue weighted by Gasteiger charge is -2.08. The predicted octanol–water partition coefficient (Wildman–Crippen LogP) is 7.12. The summed E-state index contributed by atoms with van der Waals surface area (Å²) in [6.45, 7) is 5.15. The SMILES string of the molecule is CCCCCCc1ccc(OCc2ccc(CCCCC)cc2)cc1. The summed E-state index contributed by atoms with van der Waals surface area (Å²) in [5.41, 5.74) is 4.09. The van der Waals surface area contributed by atoms with Crippen LogP contribution in [0.3, 0.4) is 0 Å². The number of aryl methyl sites for hydroxylation is 2. The maximum absolute atomic E-state index is 5.93. The second-order valence-corrected chi connectivity index (χ2v) is 7.02. The molecule has 0 aliphatic heterocycles. The number of unbranched alkanes of at least 4 members (excludes halogenated alkanes) is 5. The molecule has 0 unspecified atom stereocenters. The normalized spacial score (nSPS) is 10.8. The van der Waals surface area contributed by atoms with Gasteiger partial charge in [-0.05, 0) is 54.5 Å². The summed E-state index contributed by atoms with van der Waals surface area (Å²) < 4.78 is 5.93. The molecule has 0 fully saturated rings. The number of rotatable bonds is 12. The monoisotopic (exact) mass is 338 g/mol. The van der Waals surface area contributed by atoms with Crippen molar-refractivity contribution in [3.05, 3.63) is 65.2 Å². The molecule has 0 bridgehead atoms. The van der Waals surface area contributed by atoms with E-state index < -0.39 is 0 Å². The fourth-order valence-corrected chi connectivity index (χ4v) is 3.06. The third kappa shape index (κ3) is 7.77. The van der Waals surface area contributed by atoms with Gasteiger partial charge in [0.05, 0.1) is 0 Å². The van der Waals surface area contributed by atoms with Crippen molar-refractivity contribution in [2.24, 2.45) is 0 Å². The molecule has 136 valence electrons. The molecule has 2 rings (SSSR count). The number of hydrogen-bond acceptors (Lipinski definition) is 1. The van der Waals surface area contributed by atoms with Gasteiger partial charge in [0, 0.05) is 0 Å². The summed E-state index contributed by atoms with van der Waals surface area (Å²) >= 11 is 0. The minimum absolute atomic E-state index is 0.644. The van der Waals surface area contributed by atoms with E-state index in [0.717, 1.165) is 5.75 Å². The molecule has 0 spiro atoms. The molecule has 1 nitrogen and oxygen atoms in total. The molecule has 0 N–H and O–H groups in total. The zero-order valence-electron chi connectivity index (χ0n) is 16.1. The molecule has 0 atom stereocenters. The molecule has 0 saturated carbocycles. The number of ether oxygens (including phenoxy) is 1. The molecule has 25 heavy (non-hydrogen) atoms. The van der Waals surface area contributed by atoms with Crippen LogP contribution >= 0.6 is 0 Å². The van der Waals surface area contributed by atoms with E-state index in [0.29, 0.717) is 6.61 Å². The van der Waals surface area contributed by atoms with Gasteiger partial charge in [0.2, 0.25) is 0 Å². The van der Waals surface area contributed by atoms with Crippen LogP contribution in [-0.4, -0.2) is 0 Å². The molecule has 1 heteroatoms. The first-order valence-electron chi connectivity index (χ1n) is 10.1. The van der Waals surface area contributed by atoms with Crippen molar-refractivity contribution in [2.45, 2.75) is 78.2 Å². The highest BCUT2D eigenvalue weighted by Crippen LogP contribution is 2.17. The van der Waals surface area contributed by atoms with Crippen LogP contribution in [0.15, 0.2) is 48.5 Å². The highest BCUT2D eigenvalue weighted by molar-refractivity contribution is 5.28. The molecule has 0 aliphatic carbocycles. The maximum atomic E-state index is 5.93. The van der Waals surface area contributed by atoms with Gasteiger partial charge in [0.25, 0.3) is 0 Å². The molecule has 0 heterocycles. The summed E-state index contributed by atoms with van der Waals surface area (Å²) in [6, 6.07) is 17.5. The van der Waals surface area contributed by atoms with Crippen LogP contribution in [0, 0.1) is 0 Å². The van der Waals surface area contributed by atoms with Gasteiger partial charge in [0.1, 0.15) is 12.4 Å². The zero-order chi connectivity index (χ0) is 17.7. The van der Waals surface area contributed by atoms with Crippen LogP contribution in [0.5, 0.6) is 5.75 Å². The maximum Gasteiger partial charge on any atom is 0.119 e. The van der Waals surface area contributed by atoms with Gasteiger partial charge in [0.15, 0.2) is 0 Å². The Hall–Kier alpha value is -1.76. The Labute approximate surface area is 154 Å². The molecule has 0 amide bonds. The summed E-state index contributed by atoms with van der Waals surface area (Å²) in [5, 5.41) is 0. The predicted molar refractivity (Wildman–Crippen MR) is 108 cm³/mol. The van der Waals surface area contributed by atoms with Crippen molar-refractivity contribution < 1.29 is 4.74 Å². The van der Waals surface area contributed by atoms with Crippen molar-refractivity contribution in [3.8, 4) is 5.75 Å². The lowest BCUT2D eigenvalue weighted by molar-refractivity contribution is 0.306. The Bertz CT molecular complexity index is 568. The van der Waals surface area contributed by atoms with Crippen molar-refractivity contribution >= 4 is 0 Å². The van der Waals surface area contributed by atoms with Crippen molar-refractivity contribution in [1.82, 2.24) is 0 Å². The van der Waals surface area contributed by atoms with Gasteiger partial charge < -0.3 is 4.74 Å². The second kappa shape index (κ2) is 11.7. The van der Waals surface area contributed by atoms with Gasteiger partial charge in [-0.15, -0.1) is 0 Å². The smallest absolute Gasteiger partial charge is 0.119 e. The van der Waals surface area contributed by atoms with Gasteiger partial charge in [-0.2, -0.15) is 0 Å². The van der Waals surface area contributed by atoms with Crippen molar-refractivity contribution in [2.75, 3.05) is 0 Å². The fourth-order valence-electron chi connectivity index (χ4n) is 3.06. The van der Waals surface area contributed by atoms with Crippen molar-refractivity contribution in [1.29, 1.82) is 0 Å². The average molecular weight is 339 g/mol. The minimum atomic E-state index is 0.644. The Morgan fingerprint density at radius 3 is 1.64 bits per heavy atom. The standard InChI is InChI=1S/C24H34O/c1-3-5-7-9-11-22-16-18-24(19-17-22)25-20-23-14-12-21(13-15-23)10-8-6-4-2/h12-19H,3-11,20H2,1-2H3. The van der Waals surface area contributed by atoms with E-state index in [1.165, 1.54) is 74.5 Å². The van der Waals surface area contributed by atoms with Crippen LogP contribution in [0.2, 0.25) is 0 Å². The molecular weight excluding hydrogens is 304 g/mol. The van der Waals surface area contributed by atoms with E-state index in [2.05, 4.69) is 62.4 Å². The highest BCUT2D eigenvalue weighted by Gasteiger charge is 1.99. The van der Waals surface area contributed by atoms with E-state index >= 15 is 0 Å². The van der Waals surface area contributed by atoms with Crippen LogP contribution in [0.4, 0.5) is 0 Å². The third-order valence-corrected chi connectivity index (χ3v) is 4.74. The molecule has 2 aromatic rings. The minimum Gasteiger partial charge on any atom is -0.489 e. The summed E-state index contributed by atoms with van der Waals surface area (Å²) in [4.78, 5) is 0. The van der Waals surface area contributed by atoms with E-state index in [-0.39, 0.29) is 0 Å². The largest absolute Gasteiger partial charge is 0.489 e. The Morgan fingerprint density at radius 1 is 0.560 bits per heavy atom. The van der Waals surface area contributed by atoms with Crippen LogP contribution in [-0.2, 0) is 19.4 Å². The Kier molecular flexibility index (Phi) is 9.18. The first-order chi connectivity index (χ1) is 12.3. The lowest BCUT2D eigenvalue weighted by Crippen LogP contribution is -1.96. The molecule has 0 aliphatic rings. The number of benzene rings is 2. The highest BCUT2D eigenvalue weighted by atomic mass is 16.5. The topological polar surface area (TPSA) is 9.23 Å².